The molecule has 14 nitrogen and oxygen atoms in total. The normalized spacial score (nSPS) is 14.0. The van der Waals surface area contributed by atoms with Gasteiger partial charge in [0.1, 0.15) is 18.4 Å². The number of hydrogen-bond acceptors (Lipinski definition) is 11. The summed E-state index contributed by atoms with van der Waals surface area (Å²) in [5.74, 6) is -0.464. The quantitative estimate of drug-likeness (QED) is 0.0752. The number of nitrogen functional groups attached to an aromatic ring is 1. The molecule has 2 unspecified atom stereocenters. The number of anilines is 2. The zero-order valence-corrected chi connectivity index (χ0v) is 24.7. The molecule has 232 valence electrons. The standard InChI is InChI=1S/C25H43N8O6P.CH4/c1-6-11-27-21-20-22(30-25(26)29-21)33(16-28-20)12-15-37-17-40(36,31-18(9-4)23(34)38-13-7-2)32-19(10-5)24(35)39-14-8-3;/h6,16,18-19H,1,7-15,17H2,2-5H3,(H2,31,32,36)(H3,26,27,29,30);1H4. The van der Waals surface area contributed by atoms with Crippen LogP contribution in [0.1, 0.15) is 60.8 Å². The van der Waals surface area contributed by atoms with Crippen LogP contribution in [-0.2, 0) is 34.9 Å². The van der Waals surface area contributed by atoms with E-state index in [0.29, 0.717) is 55.8 Å². The number of nitrogens with two attached hydrogens (primary N) is 1. The van der Waals surface area contributed by atoms with E-state index >= 15 is 0 Å². The lowest BCUT2D eigenvalue weighted by atomic mass is 10.2. The van der Waals surface area contributed by atoms with Crippen molar-refractivity contribution in [3.63, 3.8) is 0 Å². The van der Waals surface area contributed by atoms with Crippen LogP contribution in [0.4, 0.5) is 11.8 Å². The number of nitrogens with zero attached hydrogens (tertiary/aromatic N) is 4. The number of esters is 2. The van der Waals surface area contributed by atoms with E-state index in [4.69, 9.17) is 19.9 Å². The van der Waals surface area contributed by atoms with Crippen LogP contribution in [-0.4, -0.2) is 76.3 Å². The highest BCUT2D eigenvalue weighted by atomic mass is 31.2. The number of nitrogens with one attached hydrogen (secondary N) is 3. The van der Waals surface area contributed by atoms with Crippen molar-refractivity contribution < 1.29 is 28.4 Å². The number of rotatable bonds is 20. The highest BCUT2D eigenvalue weighted by Gasteiger charge is 2.34. The van der Waals surface area contributed by atoms with Gasteiger partial charge in [-0.2, -0.15) is 9.97 Å². The summed E-state index contributed by atoms with van der Waals surface area (Å²) in [6, 6.07) is -1.70. The molecule has 2 rings (SSSR count). The number of imidazole rings is 1. The van der Waals surface area contributed by atoms with Gasteiger partial charge >= 0.3 is 11.9 Å². The maximum absolute atomic E-state index is 14.0. The second kappa shape index (κ2) is 18.4. The number of aromatic nitrogens is 4. The Kier molecular flexibility index (Phi) is 16.1. The first-order chi connectivity index (χ1) is 19.2. The first kappa shape index (κ1) is 36.0. The number of hydrogen-bond donors (Lipinski definition) is 4. The zero-order chi connectivity index (χ0) is 29.5. The second-order valence-corrected chi connectivity index (χ2v) is 11.3. The molecule has 0 fully saturated rings. The first-order valence-corrected chi connectivity index (χ1v) is 15.5. The van der Waals surface area contributed by atoms with Crippen LogP contribution < -0.4 is 21.2 Å². The minimum Gasteiger partial charge on any atom is -0.465 e. The largest absolute Gasteiger partial charge is 0.465 e. The molecule has 2 atom stereocenters. The average molecular weight is 599 g/mol. The lowest BCUT2D eigenvalue weighted by molar-refractivity contribution is -0.146. The smallest absolute Gasteiger partial charge is 0.323 e. The van der Waals surface area contributed by atoms with Crippen molar-refractivity contribution in [1.29, 1.82) is 0 Å². The highest BCUT2D eigenvalue weighted by molar-refractivity contribution is 7.59. The Hall–Kier alpha value is -3.06. The van der Waals surface area contributed by atoms with E-state index in [9.17, 15) is 14.2 Å². The maximum atomic E-state index is 14.0. The molecule has 0 bridgehead atoms. The van der Waals surface area contributed by atoms with Gasteiger partial charge in [0.15, 0.2) is 17.0 Å². The number of carbonyl (C=O) groups excluding carboxylic acids is 2. The summed E-state index contributed by atoms with van der Waals surface area (Å²) < 4.78 is 32.1. The molecule has 15 heteroatoms. The van der Waals surface area contributed by atoms with Gasteiger partial charge in [-0.1, -0.05) is 41.2 Å². The molecule has 0 aromatic carbocycles. The number of carbonyl (C=O) groups is 2. The summed E-state index contributed by atoms with van der Waals surface area (Å²) in [4.78, 5) is 38.0. The maximum Gasteiger partial charge on any atom is 0.323 e. The van der Waals surface area contributed by atoms with Gasteiger partial charge in [0.05, 0.1) is 26.1 Å². The van der Waals surface area contributed by atoms with Gasteiger partial charge in [-0.05, 0) is 25.7 Å². The third-order valence-corrected chi connectivity index (χ3v) is 7.66. The van der Waals surface area contributed by atoms with Gasteiger partial charge in [-0.15, -0.1) is 6.58 Å². The van der Waals surface area contributed by atoms with Crippen LogP contribution in [0, 0.1) is 0 Å². The Morgan fingerprint density at radius 2 is 1.63 bits per heavy atom. The Bertz CT molecular complexity index is 1130. The Balaban J connectivity index is 0.00000840. The summed E-state index contributed by atoms with van der Waals surface area (Å²) in [5.41, 5.74) is 6.93. The van der Waals surface area contributed by atoms with Gasteiger partial charge in [0.25, 0.3) is 0 Å². The molecule has 0 radical (unpaired) electrons. The van der Waals surface area contributed by atoms with Crippen LogP contribution in [0.25, 0.3) is 11.2 Å². The van der Waals surface area contributed by atoms with Crippen molar-refractivity contribution in [3.8, 4) is 0 Å². The summed E-state index contributed by atoms with van der Waals surface area (Å²) in [6.45, 7) is 12.4. The van der Waals surface area contributed by atoms with Crippen molar-refractivity contribution >= 4 is 42.3 Å². The molecule has 0 aliphatic rings. The highest BCUT2D eigenvalue weighted by Crippen LogP contribution is 2.38. The molecule has 2 aromatic rings. The van der Waals surface area contributed by atoms with Crippen LogP contribution in [0.15, 0.2) is 19.0 Å². The molecule has 0 saturated carbocycles. The molecular weight excluding hydrogens is 551 g/mol. The van der Waals surface area contributed by atoms with Crippen molar-refractivity contribution in [2.24, 2.45) is 0 Å². The van der Waals surface area contributed by atoms with E-state index in [1.54, 1.807) is 30.8 Å². The zero-order valence-electron chi connectivity index (χ0n) is 23.9. The molecule has 0 aliphatic heterocycles. The van der Waals surface area contributed by atoms with E-state index in [1.807, 2.05) is 13.8 Å². The van der Waals surface area contributed by atoms with Gasteiger partial charge in [0.2, 0.25) is 13.4 Å². The Morgan fingerprint density at radius 3 is 2.15 bits per heavy atom. The minimum atomic E-state index is -3.63. The fourth-order valence-corrected chi connectivity index (χ4v) is 5.81. The predicted molar refractivity (Wildman–Crippen MR) is 161 cm³/mol. The third kappa shape index (κ3) is 11.0. The lowest BCUT2D eigenvalue weighted by Gasteiger charge is -2.28. The first-order valence-electron chi connectivity index (χ1n) is 13.6. The lowest BCUT2D eigenvalue weighted by Crippen LogP contribution is -2.44. The molecule has 0 spiro atoms. The van der Waals surface area contributed by atoms with Gasteiger partial charge in [-0.3, -0.25) is 14.2 Å². The summed E-state index contributed by atoms with van der Waals surface area (Å²) in [5, 5.41) is 8.86. The molecule has 2 heterocycles. The van der Waals surface area contributed by atoms with E-state index in [1.165, 1.54) is 0 Å². The SMILES string of the molecule is C.C=CCNc1nc(N)nc2c1ncn2CCOCP(=O)(NC(CC)C(=O)OCCC)NC(CC)C(=O)OCCC. The molecule has 0 amide bonds. The van der Waals surface area contributed by atoms with Gasteiger partial charge in [-0.25, -0.2) is 15.2 Å². The molecule has 0 saturated heterocycles. The summed E-state index contributed by atoms with van der Waals surface area (Å²) in [6.07, 6.45) is 4.96. The average Bonchev–Trinajstić information content (AvgIpc) is 3.35. The van der Waals surface area contributed by atoms with E-state index in [2.05, 4.69) is 37.0 Å². The van der Waals surface area contributed by atoms with Gasteiger partial charge in [0, 0.05) is 13.1 Å². The van der Waals surface area contributed by atoms with Crippen molar-refractivity contribution in [2.75, 3.05) is 43.8 Å². The van der Waals surface area contributed by atoms with Crippen molar-refractivity contribution in [1.82, 2.24) is 29.7 Å². The number of fused-ring (bicyclic) bond motifs is 1. The molecule has 0 aliphatic carbocycles. The number of ether oxygens (including phenoxy) is 3. The monoisotopic (exact) mass is 598 g/mol. The van der Waals surface area contributed by atoms with Crippen LogP contribution >= 0.6 is 7.44 Å². The second-order valence-electron chi connectivity index (χ2n) is 9.00. The molecule has 2 aromatic heterocycles. The molecule has 5 N–H and O–H groups in total. The van der Waals surface area contributed by atoms with E-state index in [0.717, 1.165) is 0 Å². The summed E-state index contributed by atoms with van der Waals surface area (Å²) in [7, 11) is -3.63. The minimum absolute atomic E-state index is 0. The Morgan fingerprint density at radius 1 is 1.05 bits per heavy atom. The van der Waals surface area contributed by atoms with Crippen LogP contribution in [0.2, 0.25) is 0 Å². The van der Waals surface area contributed by atoms with E-state index in [-0.39, 0.29) is 39.5 Å². The van der Waals surface area contributed by atoms with E-state index < -0.39 is 31.5 Å². The van der Waals surface area contributed by atoms with Crippen LogP contribution in [0.5, 0.6) is 0 Å². The van der Waals surface area contributed by atoms with Crippen LogP contribution in [0.3, 0.4) is 0 Å². The fraction of sp³-hybridized carbons (Fsp3) is 0.654. The fourth-order valence-electron chi connectivity index (χ4n) is 3.62. The summed E-state index contributed by atoms with van der Waals surface area (Å²) >= 11 is 0. The van der Waals surface area contributed by atoms with Crippen molar-refractivity contribution in [3.05, 3.63) is 19.0 Å². The Labute approximate surface area is 242 Å². The van der Waals surface area contributed by atoms with Crippen molar-refractivity contribution in [2.45, 2.75) is 79.4 Å². The predicted octanol–water partition coefficient (Wildman–Crippen LogP) is 3.45. The van der Waals surface area contributed by atoms with Gasteiger partial charge < -0.3 is 29.8 Å². The topological polar surface area (TPSA) is 185 Å². The molecule has 41 heavy (non-hydrogen) atoms. The third-order valence-electron chi connectivity index (χ3n) is 5.66. The molecular formula is C26H47N8O6P.